The first-order valence-corrected chi connectivity index (χ1v) is 14.2. The molecule has 3 aromatic rings. The maximum absolute atomic E-state index is 16.6. The lowest BCUT2D eigenvalue weighted by Crippen LogP contribution is -2.36. The number of aryl methyl sites for hydroxylation is 1. The van der Waals surface area contributed by atoms with Crippen LogP contribution in [0.3, 0.4) is 0 Å². The molecule has 2 unspecified atom stereocenters. The van der Waals surface area contributed by atoms with Crippen molar-refractivity contribution < 1.29 is 27.1 Å². The van der Waals surface area contributed by atoms with Gasteiger partial charge in [0, 0.05) is 35.9 Å². The molecule has 4 aliphatic rings. The number of hydrogen-bond donors (Lipinski definition) is 1. The van der Waals surface area contributed by atoms with E-state index < -0.39 is 28.7 Å². The summed E-state index contributed by atoms with van der Waals surface area (Å²) >= 11 is 0. The topological polar surface area (TPSA) is 99.2 Å². The van der Waals surface area contributed by atoms with Crippen LogP contribution >= 0.6 is 0 Å². The first kappa shape index (κ1) is 26.5. The molecule has 0 aromatic carbocycles. The van der Waals surface area contributed by atoms with Gasteiger partial charge < -0.3 is 15.4 Å². The van der Waals surface area contributed by atoms with Gasteiger partial charge in [-0.3, -0.25) is 4.68 Å². The molecule has 7 rings (SSSR count). The molecule has 3 aromatic heterocycles. The summed E-state index contributed by atoms with van der Waals surface area (Å²) in [6.45, 7) is 7.76. The molecule has 4 heterocycles. The maximum Gasteiger partial charge on any atom is 0.418 e. The van der Waals surface area contributed by atoms with Crippen LogP contribution in [0.2, 0.25) is 0 Å². The Bertz CT molecular complexity index is 1590. The Balaban J connectivity index is 1.35. The van der Waals surface area contributed by atoms with Crippen LogP contribution in [-0.2, 0) is 10.9 Å². The molecule has 218 valence electrons. The summed E-state index contributed by atoms with van der Waals surface area (Å²) in [5.41, 5.74) is 4.75. The van der Waals surface area contributed by atoms with E-state index in [-0.39, 0.29) is 58.5 Å². The monoisotopic (exact) mass is 572 g/mol. The molecular weight excluding hydrogens is 540 g/mol. The van der Waals surface area contributed by atoms with Crippen LogP contribution in [0.5, 0.6) is 0 Å². The minimum absolute atomic E-state index is 0.00811. The van der Waals surface area contributed by atoms with Crippen molar-refractivity contribution in [3.8, 4) is 11.3 Å². The van der Waals surface area contributed by atoms with E-state index in [1.165, 1.54) is 6.92 Å². The van der Waals surface area contributed by atoms with Gasteiger partial charge in [0.2, 0.25) is 0 Å². The molecule has 0 bridgehead atoms. The van der Waals surface area contributed by atoms with E-state index in [0.29, 0.717) is 24.2 Å². The number of amides is 1. The standard InChI is InChI=1S/C29H32F4N6O2/c1-12-21(29(31,32)33)15(9-18(34)35-12)24-22(30)26-20(23(36-24)13-5-6-13)25(37-39(26)14-7-8-14)19-16-10-38(11-17(16)19)27(40)41-28(2,3)4/h9,13-14,16-17,19H,5-8,10-11H2,1-4H3,(H2,34,35). The van der Waals surface area contributed by atoms with E-state index in [9.17, 15) is 18.0 Å². The summed E-state index contributed by atoms with van der Waals surface area (Å²) in [5.74, 6) is -0.544. The molecule has 0 radical (unpaired) electrons. The average molecular weight is 573 g/mol. The second-order valence-corrected chi connectivity index (χ2v) is 13.0. The summed E-state index contributed by atoms with van der Waals surface area (Å²) in [6.07, 6.45) is -1.81. The lowest BCUT2D eigenvalue weighted by atomic mass is 9.98. The first-order valence-electron chi connectivity index (χ1n) is 14.2. The van der Waals surface area contributed by atoms with Gasteiger partial charge in [-0.2, -0.15) is 18.3 Å². The van der Waals surface area contributed by atoms with Crippen LogP contribution in [0.1, 0.15) is 87.0 Å². The van der Waals surface area contributed by atoms with E-state index in [1.807, 2.05) is 20.8 Å². The normalized spacial score (nSPS) is 24.2. The van der Waals surface area contributed by atoms with Crippen LogP contribution in [0.4, 0.5) is 28.2 Å². The highest BCUT2D eigenvalue weighted by atomic mass is 19.4. The van der Waals surface area contributed by atoms with Gasteiger partial charge in [-0.05, 0) is 71.3 Å². The van der Waals surface area contributed by atoms with E-state index in [4.69, 9.17) is 15.6 Å². The number of carbonyl (C=O) groups is 1. The van der Waals surface area contributed by atoms with Gasteiger partial charge in [0.05, 0.1) is 28.7 Å². The van der Waals surface area contributed by atoms with Crippen LogP contribution in [0.25, 0.3) is 22.2 Å². The minimum atomic E-state index is -4.77. The molecule has 41 heavy (non-hydrogen) atoms. The third-order valence-electron chi connectivity index (χ3n) is 8.62. The fourth-order valence-electron chi connectivity index (χ4n) is 6.55. The Morgan fingerprint density at radius 1 is 1.05 bits per heavy atom. The Kier molecular flexibility index (Phi) is 5.51. The number of ether oxygens (including phenoxy) is 1. The number of likely N-dealkylation sites (tertiary alicyclic amines) is 1. The highest BCUT2D eigenvalue weighted by Crippen LogP contribution is 2.61. The third-order valence-corrected chi connectivity index (χ3v) is 8.62. The molecule has 2 atom stereocenters. The Morgan fingerprint density at radius 2 is 1.71 bits per heavy atom. The zero-order chi connectivity index (χ0) is 29.2. The second-order valence-electron chi connectivity index (χ2n) is 13.0. The van der Waals surface area contributed by atoms with Gasteiger partial charge in [0.15, 0.2) is 5.82 Å². The van der Waals surface area contributed by atoms with Crippen LogP contribution in [-0.4, -0.2) is 49.4 Å². The van der Waals surface area contributed by atoms with E-state index in [2.05, 4.69) is 9.97 Å². The number of rotatable bonds is 4. The minimum Gasteiger partial charge on any atom is -0.444 e. The molecule has 1 aliphatic heterocycles. The highest BCUT2D eigenvalue weighted by Gasteiger charge is 2.60. The number of nitrogen functional groups attached to an aromatic ring is 1. The summed E-state index contributed by atoms with van der Waals surface area (Å²) in [6, 6.07) is 1.06. The van der Waals surface area contributed by atoms with Crippen molar-refractivity contribution in [2.75, 3.05) is 18.8 Å². The summed E-state index contributed by atoms with van der Waals surface area (Å²) < 4.78 is 66.4. The van der Waals surface area contributed by atoms with E-state index >= 15 is 4.39 Å². The quantitative estimate of drug-likeness (QED) is 0.367. The Labute approximate surface area is 234 Å². The van der Waals surface area contributed by atoms with Crippen molar-refractivity contribution in [3.63, 3.8) is 0 Å². The van der Waals surface area contributed by atoms with Gasteiger partial charge in [0.1, 0.15) is 22.6 Å². The molecule has 2 N–H and O–H groups in total. The van der Waals surface area contributed by atoms with Crippen molar-refractivity contribution in [1.82, 2.24) is 24.6 Å². The number of aromatic nitrogens is 4. The number of alkyl halides is 3. The first-order chi connectivity index (χ1) is 19.2. The maximum atomic E-state index is 16.6. The molecule has 1 amide bonds. The second kappa shape index (κ2) is 8.54. The third kappa shape index (κ3) is 4.41. The summed E-state index contributed by atoms with van der Waals surface area (Å²) in [5, 5.41) is 5.58. The van der Waals surface area contributed by atoms with E-state index in [0.717, 1.165) is 37.4 Å². The summed E-state index contributed by atoms with van der Waals surface area (Å²) in [4.78, 5) is 22.8. The number of nitrogens with two attached hydrogens (primary N) is 1. The van der Waals surface area contributed by atoms with Crippen molar-refractivity contribution >= 4 is 22.8 Å². The van der Waals surface area contributed by atoms with Gasteiger partial charge >= 0.3 is 12.3 Å². The number of anilines is 1. The molecule has 8 nitrogen and oxygen atoms in total. The predicted octanol–water partition coefficient (Wildman–Crippen LogP) is 6.33. The van der Waals surface area contributed by atoms with Crippen LogP contribution < -0.4 is 5.73 Å². The number of hydrogen-bond acceptors (Lipinski definition) is 6. The van der Waals surface area contributed by atoms with Crippen LogP contribution in [0, 0.1) is 24.6 Å². The molecule has 4 fully saturated rings. The van der Waals surface area contributed by atoms with E-state index in [1.54, 1.807) is 9.58 Å². The van der Waals surface area contributed by atoms with Crippen molar-refractivity contribution in [3.05, 3.63) is 34.5 Å². The predicted molar refractivity (Wildman–Crippen MR) is 143 cm³/mol. The smallest absolute Gasteiger partial charge is 0.418 e. The summed E-state index contributed by atoms with van der Waals surface area (Å²) in [7, 11) is 0. The Morgan fingerprint density at radius 3 is 2.27 bits per heavy atom. The number of pyridine rings is 2. The van der Waals surface area contributed by atoms with Gasteiger partial charge in [-0.1, -0.05) is 0 Å². The molecule has 3 saturated carbocycles. The molecule has 3 aliphatic carbocycles. The van der Waals surface area contributed by atoms with Gasteiger partial charge in [-0.25, -0.2) is 19.2 Å². The lowest BCUT2D eigenvalue weighted by Gasteiger charge is -2.25. The molecular formula is C29H32F4N6O2. The fraction of sp³-hybridized carbons (Fsp3) is 0.586. The molecule has 0 spiro atoms. The lowest BCUT2D eigenvalue weighted by molar-refractivity contribution is -0.137. The van der Waals surface area contributed by atoms with Crippen molar-refractivity contribution in [2.24, 2.45) is 11.8 Å². The zero-order valence-electron chi connectivity index (χ0n) is 23.3. The van der Waals surface area contributed by atoms with Crippen LogP contribution in [0.15, 0.2) is 6.07 Å². The highest BCUT2D eigenvalue weighted by molar-refractivity contribution is 5.91. The Hall–Kier alpha value is -3.44. The van der Waals surface area contributed by atoms with Crippen molar-refractivity contribution in [1.29, 1.82) is 0 Å². The number of carbonyl (C=O) groups excluding carboxylic acids is 1. The largest absolute Gasteiger partial charge is 0.444 e. The fourth-order valence-corrected chi connectivity index (χ4v) is 6.55. The number of piperidine rings is 1. The molecule has 12 heteroatoms. The number of halogens is 4. The van der Waals surface area contributed by atoms with Gasteiger partial charge in [-0.15, -0.1) is 0 Å². The van der Waals surface area contributed by atoms with Gasteiger partial charge in [0.25, 0.3) is 0 Å². The van der Waals surface area contributed by atoms with Crippen molar-refractivity contribution in [2.45, 2.75) is 83.0 Å². The SMILES string of the molecule is Cc1nc(N)cc(-c2nc(C3CC3)c3c(C4C5CN(C(=O)OC(C)(C)C)CC54)nn(C4CC4)c3c2F)c1C(F)(F)F. The number of fused-ring (bicyclic) bond motifs is 2. The average Bonchev–Trinajstić information content (AvgIpc) is 3.79. The zero-order valence-corrected chi connectivity index (χ0v) is 23.3. The molecule has 1 saturated heterocycles. The number of nitrogens with zero attached hydrogens (tertiary/aromatic N) is 5.